The highest BCUT2D eigenvalue weighted by molar-refractivity contribution is 5.82. The van der Waals surface area contributed by atoms with Crippen LogP contribution in [-0.2, 0) is 11.3 Å². The van der Waals surface area contributed by atoms with Crippen molar-refractivity contribution in [3.63, 3.8) is 0 Å². The Kier molecular flexibility index (Phi) is 3.75. The average molecular weight is 247 g/mol. The summed E-state index contributed by atoms with van der Waals surface area (Å²) in [4.78, 5) is 15.1. The van der Waals surface area contributed by atoms with E-state index in [2.05, 4.69) is 20.6 Å². The molecule has 0 atom stereocenters. The summed E-state index contributed by atoms with van der Waals surface area (Å²) in [6.45, 7) is 0.00854. The first-order chi connectivity index (χ1) is 8.75. The van der Waals surface area contributed by atoms with Crippen LogP contribution in [0.25, 0.3) is 0 Å². The van der Waals surface area contributed by atoms with Crippen LogP contribution in [0.2, 0.25) is 0 Å². The summed E-state index contributed by atoms with van der Waals surface area (Å²) in [7, 11) is 0. The molecule has 0 radical (unpaired) electrons. The van der Waals surface area contributed by atoms with Gasteiger partial charge in [0.05, 0.1) is 6.21 Å². The topological polar surface area (TPSA) is 72.2 Å². The quantitative estimate of drug-likeness (QED) is 0.634. The van der Waals surface area contributed by atoms with E-state index in [0.29, 0.717) is 5.56 Å². The van der Waals surface area contributed by atoms with Crippen LogP contribution in [-0.4, -0.2) is 26.9 Å². The van der Waals surface area contributed by atoms with Gasteiger partial charge in [0.2, 0.25) is 0 Å². The van der Waals surface area contributed by atoms with Gasteiger partial charge < -0.3 is 0 Å². The lowest BCUT2D eigenvalue weighted by atomic mass is 10.2. The average Bonchev–Trinajstić information content (AvgIpc) is 2.84. The molecular weight excluding hydrogens is 237 g/mol. The maximum absolute atomic E-state index is 13.2. The number of halogens is 1. The highest BCUT2D eigenvalue weighted by Gasteiger charge is 2.01. The summed E-state index contributed by atoms with van der Waals surface area (Å²) in [6, 6.07) is 6.14. The van der Waals surface area contributed by atoms with Gasteiger partial charge in [-0.05, 0) is 6.07 Å². The molecule has 0 aliphatic heterocycles. The third-order valence-electron chi connectivity index (χ3n) is 2.07. The molecule has 0 saturated carbocycles. The number of nitrogens with one attached hydrogen (secondary N) is 1. The fourth-order valence-electron chi connectivity index (χ4n) is 1.25. The van der Waals surface area contributed by atoms with Crippen LogP contribution in [0.3, 0.4) is 0 Å². The molecule has 2 rings (SSSR count). The summed E-state index contributed by atoms with van der Waals surface area (Å²) >= 11 is 0. The SMILES string of the molecule is O=C(Cn1cncn1)NN=Cc1ccccc1F. The minimum Gasteiger partial charge on any atom is -0.271 e. The highest BCUT2D eigenvalue weighted by atomic mass is 19.1. The normalized spacial score (nSPS) is 10.7. The van der Waals surface area contributed by atoms with E-state index in [4.69, 9.17) is 0 Å². The summed E-state index contributed by atoms with van der Waals surface area (Å²) in [5.74, 6) is -0.764. The summed E-state index contributed by atoms with van der Waals surface area (Å²) < 4.78 is 14.5. The van der Waals surface area contributed by atoms with Crippen LogP contribution in [0.5, 0.6) is 0 Å². The molecule has 1 N–H and O–H groups in total. The van der Waals surface area contributed by atoms with Crippen LogP contribution in [0.1, 0.15) is 5.56 Å². The number of hydrogen-bond acceptors (Lipinski definition) is 4. The van der Waals surface area contributed by atoms with Gasteiger partial charge in [0, 0.05) is 5.56 Å². The lowest BCUT2D eigenvalue weighted by molar-refractivity contribution is -0.121. The lowest BCUT2D eigenvalue weighted by Gasteiger charge is -1.99. The number of hydrogen-bond donors (Lipinski definition) is 1. The lowest BCUT2D eigenvalue weighted by Crippen LogP contribution is -2.23. The Hall–Kier alpha value is -2.57. The Morgan fingerprint density at radius 3 is 3.06 bits per heavy atom. The summed E-state index contributed by atoms with van der Waals surface area (Å²) in [6.07, 6.45) is 3.99. The van der Waals surface area contributed by atoms with Crippen molar-refractivity contribution in [3.8, 4) is 0 Å². The third-order valence-corrected chi connectivity index (χ3v) is 2.07. The number of amides is 1. The molecule has 1 heterocycles. The molecule has 1 amide bonds. The number of carbonyl (C=O) groups is 1. The van der Waals surface area contributed by atoms with E-state index in [9.17, 15) is 9.18 Å². The maximum Gasteiger partial charge on any atom is 0.261 e. The fraction of sp³-hybridized carbons (Fsp3) is 0.0909. The van der Waals surface area contributed by atoms with E-state index in [1.165, 1.54) is 29.6 Å². The molecule has 2 aromatic rings. The number of benzene rings is 1. The molecule has 6 nitrogen and oxygen atoms in total. The summed E-state index contributed by atoms with van der Waals surface area (Å²) in [5.41, 5.74) is 2.58. The van der Waals surface area contributed by atoms with E-state index in [-0.39, 0.29) is 12.5 Å². The molecule has 18 heavy (non-hydrogen) atoms. The number of rotatable bonds is 4. The van der Waals surface area contributed by atoms with Crippen molar-refractivity contribution >= 4 is 12.1 Å². The van der Waals surface area contributed by atoms with Crippen LogP contribution in [0.4, 0.5) is 4.39 Å². The first kappa shape index (κ1) is 11.9. The molecule has 0 aliphatic carbocycles. The predicted octanol–water partition coefficient (Wildman–Crippen LogP) is 0.567. The smallest absolute Gasteiger partial charge is 0.261 e. The van der Waals surface area contributed by atoms with Gasteiger partial charge in [-0.25, -0.2) is 19.5 Å². The van der Waals surface area contributed by atoms with Gasteiger partial charge in [-0.15, -0.1) is 0 Å². The Labute approximate surface area is 102 Å². The van der Waals surface area contributed by atoms with Crippen molar-refractivity contribution in [2.75, 3.05) is 0 Å². The van der Waals surface area contributed by atoms with Gasteiger partial charge in [-0.1, -0.05) is 18.2 Å². The molecule has 0 aliphatic rings. The van der Waals surface area contributed by atoms with E-state index < -0.39 is 5.82 Å². The molecule has 1 aromatic heterocycles. The van der Waals surface area contributed by atoms with Gasteiger partial charge in [-0.3, -0.25) is 4.79 Å². The van der Waals surface area contributed by atoms with Gasteiger partial charge >= 0.3 is 0 Å². The first-order valence-electron chi connectivity index (χ1n) is 5.14. The van der Waals surface area contributed by atoms with Gasteiger partial charge in [0.15, 0.2) is 0 Å². The first-order valence-corrected chi connectivity index (χ1v) is 5.14. The van der Waals surface area contributed by atoms with Crippen molar-refractivity contribution in [2.45, 2.75) is 6.54 Å². The Balaban J connectivity index is 1.88. The number of hydrazone groups is 1. The van der Waals surface area contributed by atoms with Crippen molar-refractivity contribution < 1.29 is 9.18 Å². The zero-order valence-electron chi connectivity index (χ0n) is 9.32. The van der Waals surface area contributed by atoms with E-state index >= 15 is 0 Å². The predicted molar refractivity (Wildman–Crippen MR) is 62.2 cm³/mol. The standard InChI is InChI=1S/C11H10FN5O/c12-10-4-2-1-3-9(10)5-14-16-11(18)6-17-8-13-7-15-17/h1-5,7-8H,6H2,(H,16,18). The minimum absolute atomic E-state index is 0.00854. The second-order valence-corrected chi connectivity index (χ2v) is 3.41. The highest BCUT2D eigenvalue weighted by Crippen LogP contribution is 2.02. The van der Waals surface area contributed by atoms with Crippen LogP contribution < -0.4 is 5.43 Å². The zero-order chi connectivity index (χ0) is 12.8. The Morgan fingerprint density at radius 1 is 1.50 bits per heavy atom. The minimum atomic E-state index is -0.397. The number of carbonyl (C=O) groups excluding carboxylic acids is 1. The van der Waals surface area contributed by atoms with Crippen molar-refractivity contribution in [1.29, 1.82) is 0 Å². The molecule has 7 heteroatoms. The van der Waals surface area contributed by atoms with Crippen LogP contribution in [0, 0.1) is 5.82 Å². The zero-order valence-corrected chi connectivity index (χ0v) is 9.32. The van der Waals surface area contributed by atoms with Crippen LogP contribution in [0.15, 0.2) is 42.0 Å². The monoisotopic (exact) mass is 247 g/mol. The largest absolute Gasteiger partial charge is 0.271 e. The van der Waals surface area contributed by atoms with E-state index in [0.717, 1.165) is 0 Å². The molecular formula is C11H10FN5O. The second kappa shape index (κ2) is 5.67. The molecule has 0 bridgehead atoms. The molecule has 0 fully saturated rings. The van der Waals surface area contributed by atoms with E-state index in [1.807, 2.05) is 0 Å². The van der Waals surface area contributed by atoms with Gasteiger partial charge in [0.25, 0.3) is 5.91 Å². The summed E-state index contributed by atoms with van der Waals surface area (Å²) in [5, 5.41) is 7.43. The fourth-order valence-corrected chi connectivity index (χ4v) is 1.25. The molecule has 0 saturated heterocycles. The van der Waals surface area contributed by atoms with Gasteiger partial charge in [-0.2, -0.15) is 10.2 Å². The second-order valence-electron chi connectivity index (χ2n) is 3.41. The molecule has 1 aromatic carbocycles. The van der Waals surface area contributed by atoms with Gasteiger partial charge in [0.1, 0.15) is 25.0 Å². The van der Waals surface area contributed by atoms with Crippen molar-refractivity contribution in [1.82, 2.24) is 20.2 Å². The molecule has 0 spiro atoms. The number of nitrogens with zero attached hydrogens (tertiary/aromatic N) is 4. The third kappa shape index (κ3) is 3.21. The molecule has 0 unspecified atom stereocenters. The Morgan fingerprint density at radius 2 is 2.33 bits per heavy atom. The molecule has 92 valence electrons. The number of aromatic nitrogens is 3. The maximum atomic E-state index is 13.2. The Bertz CT molecular complexity index is 552. The van der Waals surface area contributed by atoms with Crippen LogP contribution >= 0.6 is 0 Å². The van der Waals surface area contributed by atoms with Crippen molar-refractivity contribution in [3.05, 3.63) is 48.3 Å². The van der Waals surface area contributed by atoms with E-state index in [1.54, 1.807) is 18.2 Å². The van der Waals surface area contributed by atoms with Crippen molar-refractivity contribution in [2.24, 2.45) is 5.10 Å².